The fraction of sp³-hybridized carbons (Fsp3) is 0.190. The summed E-state index contributed by atoms with van der Waals surface area (Å²) in [5, 5.41) is 0. The lowest BCUT2D eigenvalue weighted by molar-refractivity contribution is -0.132. The number of benzene rings is 2. The summed E-state index contributed by atoms with van der Waals surface area (Å²) in [6.07, 6.45) is 2.11. The predicted molar refractivity (Wildman–Crippen MR) is 99.5 cm³/mol. The number of carbonyl (C=O) groups excluding carboxylic acids is 1. The third-order valence-electron chi connectivity index (χ3n) is 4.82. The summed E-state index contributed by atoms with van der Waals surface area (Å²) in [7, 11) is 0. The molecule has 1 aliphatic rings. The van der Waals surface area contributed by atoms with Crippen molar-refractivity contribution in [1.82, 2.24) is 14.5 Å². The van der Waals surface area contributed by atoms with Crippen molar-refractivity contribution in [2.45, 2.75) is 19.5 Å². The number of hydrogen-bond acceptors (Lipinski definition) is 3. The van der Waals surface area contributed by atoms with E-state index in [0.717, 1.165) is 12.0 Å². The lowest BCUT2D eigenvalue weighted by atomic mass is 10.00. The molecule has 0 atom stereocenters. The SMILES string of the molecule is O=C(Cn1cnc(-c2ccccc2F)cc1=O)N1CCc2ccccc2C1. The Morgan fingerprint density at radius 2 is 1.81 bits per heavy atom. The van der Waals surface area contributed by atoms with Gasteiger partial charge < -0.3 is 4.90 Å². The Morgan fingerprint density at radius 1 is 1.07 bits per heavy atom. The first kappa shape index (κ1) is 17.1. The summed E-state index contributed by atoms with van der Waals surface area (Å²) in [6.45, 7) is 1.10. The van der Waals surface area contributed by atoms with Crippen LogP contribution in [0.15, 0.2) is 65.7 Å². The standard InChI is InChI=1S/C21H18FN3O2/c22-18-8-4-3-7-17(18)19-11-20(26)25(14-23-19)13-21(27)24-10-9-15-5-1-2-6-16(15)12-24/h1-8,11,14H,9-10,12-13H2. The molecule has 0 aliphatic carbocycles. The number of halogens is 1. The summed E-state index contributed by atoms with van der Waals surface area (Å²) in [6, 6.07) is 15.5. The van der Waals surface area contributed by atoms with Gasteiger partial charge in [0.1, 0.15) is 12.4 Å². The molecule has 1 amide bonds. The molecule has 0 fully saturated rings. The molecule has 2 aromatic carbocycles. The maximum Gasteiger partial charge on any atom is 0.254 e. The van der Waals surface area contributed by atoms with Crippen LogP contribution in [0.1, 0.15) is 11.1 Å². The highest BCUT2D eigenvalue weighted by Crippen LogP contribution is 2.20. The van der Waals surface area contributed by atoms with Crippen molar-refractivity contribution < 1.29 is 9.18 Å². The van der Waals surface area contributed by atoms with Crippen molar-refractivity contribution in [2.75, 3.05) is 6.54 Å². The summed E-state index contributed by atoms with van der Waals surface area (Å²) >= 11 is 0. The minimum absolute atomic E-state index is 0.0778. The minimum Gasteiger partial charge on any atom is -0.336 e. The number of aromatic nitrogens is 2. The first-order chi connectivity index (χ1) is 13.1. The monoisotopic (exact) mass is 363 g/mol. The van der Waals surface area contributed by atoms with E-state index in [1.165, 1.54) is 28.6 Å². The van der Waals surface area contributed by atoms with E-state index in [1.54, 1.807) is 23.1 Å². The first-order valence-corrected chi connectivity index (χ1v) is 8.78. The zero-order valence-electron chi connectivity index (χ0n) is 14.6. The van der Waals surface area contributed by atoms with Gasteiger partial charge in [0.2, 0.25) is 5.91 Å². The second kappa shape index (κ2) is 7.15. The van der Waals surface area contributed by atoms with Gasteiger partial charge in [-0.05, 0) is 29.7 Å². The van der Waals surface area contributed by atoms with E-state index in [-0.39, 0.29) is 29.3 Å². The van der Waals surface area contributed by atoms with Crippen LogP contribution in [-0.4, -0.2) is 26.9 Å². The van der Waals surface area contributed by atoms with Gasteiger partial charge in [-0.15, -0.1) is 0 Å². The third-order valence-corrected chi connectivity index (χ3v) is 4.82. The van der Waals surface area contributed by atoms with Crippen LogP contribution in [0.4, 0.5) is 4.39 Å². The van der Waals surface area contributed by atoms with Crippen LogP contribution in [0.25, 0.3) is 11.3 Å². The van der Waals surface area contributed by atoms with Crippen molar-refractivity contribution in [3.8, 4) is 11.3 Å². The fourth-order valence-corrected chi connectivity index (χ4v) is 3.32. The van der Waals surface area contributed by atoms with E-state index in [4.69, 9.17) is 0 Å². The van der Waals surface area contributed by atoms with Crippen LogP contribution in [-0.2, 0) is 24.3 Å². The number of rotatable bonds is 3. The van der Waals surface area contributed by atoms with E-state index in [2.05, 4.69) is 11.1 Å². The Bertz CT molecular complexity index is 1060. The number of hydrogen-bond donors (Lipinski definition) is 0. The van der Waals surface area contributed by atoms with Crippen molar-refractivity contribution in [3.05, 3.63) is 88.2 Å². The molecule has 1 aromatic heterocycles. The van der Waals surface area contributed by atoms with E-state index < -0.39 is 5.82 Å². The largest absolute Gasteiger partial charge is 0.336 e. The Kier molecular flexibility index (Phi) is 4.54. The molecule has 3 aromatic rings. The number of fused-ring (bicyclic) bond motifs is 1. The molecule has 27 heavy (non-hydrogen) atoms. The molecular formula is C21H18FN3O2. The predicted octanol–water partition coefficient (Wildman–Crippen LogP) is 2.63. The van der Waals surface area contributed by atoms with E-state index in [9.17, 15) is 14.0 Å². The van der Waals surface area contributed by atoms with Crippen LogP contribution in [0.5, 0.6) is 0 Å². The molecule has 0 unspecified atom stereocenters. The minimum atomic E-state index is -0.440. The third kappa shape index (κ3) is 3.51. The highest BCUT2D eigenvalue weighted by atomic mass is 19.1. The Morgan fingerprint density at radius 3 is 2.59 bits per heavy atom. The van der Waals surface area contributed by atoms with Crippen molar-refractivity contribution in [1.29, 1.82) is 0 Å². The summed E-state index contributed by atoms with van der Waals surface area (Å²) < 4.78 is 15.1. The summed E-state index contributed by atoms with van der Waals surface area (Å²) in [5.41, 5.74) is 2.54. The van der Waals surface area contributed by atoms with Crippen molar-refractivity contribution in [3.63, 3.8) is 0 Å². The lowest BCUT2D eigenvalue weighted by Crippen LogP contribution is -2.39. The molecule has 0 N–H and O–H groups in total. The molecule has 1 aliphatic heterocycles. The maximum atomic E-state index is 13.9. The quantitative estimate of drug-likeness (QED) is 0.719. The smallest absolute Gasteiger partial charge is 0.254 e. The van der Waals surface area contributed by atoms with Gasteiger partial charge in [-0.25, -0.2) is 9.37 Å². The topological polar surface area (TPSA) is 55.2 Å². The highest BCUT2D eigenvalue weighted by molar-refractivity contribution is 5.76. The first-order valence-electron chi connectivity index (χ1n) is 8.78. The number of amides is 1. The normalized spacial score (nSPS) is 13.3. The molecule has 0 radical (unpaired) electrons. The van der Waals surface area contributed by atoms with E-state index >= 15 is 0 Å². The molecule has 0 bridgehead atoms. The molecule has 4 rings (SSSR count). The van der Waals surface area contributed by atoms with E-state index in [0.29, 0.717) is 13.1 Å². The van der Waals surface area contributed by atoms with Crippen LogP contribution < -0.4 is 5.56 Å². The zero-order valence-corrected chi connectivity index (χ0v) is 14.6. The second-order valence-electron chi connectivity index (χ2n) is 6.55. The molecule has 0 spiro atoms. The average Bonchev–Trinajstić information content (AvgIpc) is 2.69. The van der Waals surface area contributed by atoms with Gasteiger partial charge >= 0.3 is 0 Å². The van der Waals surface area contributed by atoms with Crippen LogP contribution in [0, 0.1) is 5.82 Å². The summed E-state index contributed by atoms with van der Waals surface area (Å²) in [4.78, 5) is 30.9. The maximum absolute atomic E-state index is 13.9. The molecular weight excluding hydrogens is 345 g/mol. The van der Waals surface area contributed by atoms with Crippen molar-refractivity contribution in [2.24, 2.45) is 0 Å². The summed E-state index contributed by atoms with van der Waals surface area (Å²) in [5.74, 6) is -0.572. The van der Waals surface area contributed by atoms with Gasteiger partial charge in [0.15, 0.2) is 0 Å². The van der Waals surface area contributed by atoms with Gasteiger partial charge in [-0.1, -0.05) is 36.4 Å². The molecule has 0 saturated carbocycles. The van der Waals surface area contributed by atoms with Gasteiger partial charge in [0.25, 0.3) is 5.56 Å². The van der Waals surface area contributed by atoms with Crippen LogP contribution in [0.2, 0.25) is 0 Å². The van der Waals surface area contributed by atoms with E-state index in [1.807, 2.05) is 18.2 Å². The molecule has 136 valence electrons. The van der Waals surface area contributed by atoms with Gasteiger partial charge in [-0.2, -0.15) is 0 Å². The van der Waals surface area contributed by atoms with Gasteiger partial charge in [-0.3, -0.25) is 14.2 Å². The van der Waals surface area contributed by atoms with Crippen LogP contribution >= 0.6 is 0 Å². The molecule has 0 saturated heterocycles. The molecule has 6 heteroatoms. The Balaban J connectivity index is 1.51. The van der Waals surface area contributed by atoms with Gasteiger partial charge in [0.05, 0.1) is 12.0 Å². The Labute approximate surface area is 155 Å². The molecule has 5 nitrogen and oxygen atoms in total. The lowest BCUT2D eigenvalue weighted by Gasteiger charge is -2.29. The number of carbonyl (C=O) groups is 1. The second-order valence-corrected chi connectivity index (χ2v) is 6.55. The Hall–Kier alpha value is -3.28. The highest BCUT2D eigenvalue weighted by Gasteiger charge is 2.21. The average molecular weight is 363 g/mol. The fourth-order valence-electron chi connectivity index (χ4n) is 3.32. The van der Waals surface area contributed by atoms with Crippen molar-refractivity contribution >= 4 is 5.91 Å². The zero-order chi connectivity index (χ0) is 18.8. The molecule has 2 heterocycles. The van der Waals surface area contributed by atoms with Crippen LogP contribution in [0.3, 0.4) is 0 Å². The van der Waals surface area contributed by atoms with Gasteiger partial charge in [0, 0.05) is 24.7 Å². The number of nitrogens with zero attached hydrogens (tertiary/aromatic N) is 3.